The topological polar surface area (TPSA) is 15.3 Å². The van der Waals surface area contributed by atoms with Gasteiger partial charge in [-0.15, -0.1) is 0 Å². The monoisotopic (exact) mass is 292 g/mol. The van der Waals surface area contributed by atoms with Crippen LogP contribution in [0.4, 0.5) is 5.69 Å². The lowest BCUT2D eigenvalue weighted by atomic mass is 10.1. The van der Waals surface area contributed by atoms with Gasteiger partial charge >= 0.3 is 0 Å². The molecule has 5 heteroatoms. The first-order valence-corrected chi connectivity index (χ1v) is 6.82. The smallest absolute Gasteiger partial charge is 0.0655 e. The average Bonchev–Trinajstić information content (AvgIpc) is 2.34. The summed E-state index contributed by atoms with van der Waals surface area (Å²) in [5, 5.41) is 5.02. The minimum Gasteiger partial charge on any atom is -0.369 e. The maximum Gasteiger partial charge on any atom is 0.0655 e. The summed E-state index contributed by atoms with van der Waals surface area (Å²) in [7, 11) is 1.99. The van der Waals surface area contributed by atoms with E-state index in [1.807, 2.05) is 13.1 Å². The van der Waals surface area contributed by atoms with Crippen LogP contribution in [0.2, 0.25) is 15.1 Å². The van der Waals surface area contributed by atoms with Crippen molar-refractivity contribution in [3.63, 3.8) is 0 Å². The third-order valence-corrected chi connectivity index (χ3v) is 4.18. The Morgan fingerprint density at radius 3 is 2.59 bits per heavy atom. The maximum atomic E-state index is 6.22. The van der Waals surface area contributed by atoms with Crippen LogP contribution in [0.25, 0.3) is 0 Å². The first-order valence-electron chi connectivity index (χ1n) is 5.68. The largest absolute Gasteiger partial charge is 0.369 e. The highest BCUT2D eigenvalue weighted by atomic mass is 35.5. The molecule has 17 heavy (non-hydrogen) atoms. The van der Waals surface area contributed by atoms with E-state index in [4.69, 9.17) is 34.8 Å². The van der Waals surface area contributed by atoms with Crippen LogP contribution in [0.3, 0.4) is 0 Å². The number of hydrogen-bond acceptors (Lipinski definition) is 2. The Labute approximate surface area is 117 Å². The molecule has 1 aliphatic rings. The number of hydrogen-bond donors (Lipinski definition) is 1. The van der Waals surface area contributed by atoms with E-state index in [1.54, 1.807) is 6.07 Å². The fourth-order valence-corrected chi connectivity index (χ4v) is 2.85. The zero-order valence-electron chi connectivity index (χ0n) is 9.64. The third kappa shape index (κ3) is 3.00. The molecule has 1 saturated heterocycles. The molecule has 2 rings (SSSR count). The Kier molecular flexibility index (Phi) is 4.42. The quantitative estimate of drug-likeness (QED) is 0.834. The molecule has 0 amide bonds. The van der Waals surface area contributed by atoms with Crippen LogP contribution in [0.5, 0.6) is 0 Å². The Balaban J connectivity index is 2.24. The highest BCUT2D eigenvalue weighted by Gasteiger charge is 2.21. The second-order valence-corrected chi connectivity index (χ2v) is 5.51. The van der Waals surface area contributed by atoms with Gasteiger partial charge in [0.2, 0.25) is 0 Å². The van der Waals surface area contributed by atoms with Crippen LogP contribution in [0.15, 0.2) is 12.1 Å². The highest BCUT2D eigenvalue weighted by molar-refractivity contribution is 6.44. The van der Waals surface area contributed by atoms with E-state index < -0.39 is 0 Å². The Bertz CT molecular complexity index is 409. The van der Waals surface area contributed by atoms with Gasteiger partial charge in [-0.2, -0.15) is 0 Å². The molecule has 0 aromatic heterocycles. The summed E-state index contributed by atoms with van der Waals surface area (Å²) in [5.41, 5.74) is 0.973. The molecular weight excluding hydrogens is 279 g/mol. The van der Waals surface area contributed by atoms with E-state index in [0.717, 1.165) is 25.2 Å². The number of piperidine rings is 1. The van der Waals surface area contributed by atoms with Gasteiger partial charge in [0, 0.05) is 19.1 Å². The van der Waals surface area contributed by atoms with Crippen LogP contribution in [-0.4, -0.2) is 26.2 Å². The molecule has 1 atom stereocenters. The van der Waals surface area contributed by atoms with Crippen LogP contribution in [-0.2, 0) is 0 Å². The Morgan fingerprint density at radius 2 is 1.88 bits per heavy atom. The molecule has 1 N–H and O–H groups in total. The predicted octanol–water partition coefficient (Wildman–Crippen LogP) is 3.84. The first kappa shape index (κ1) is 13.3. The van der Waals surface area contributed by atoms with Crippen LogP contribution in [0.1, 0.15) is 12.8 Å². The van der Waals surface area contributed by atoms with Crippen molar-refractivity contribution in [3.8, 4) is 0 Å². The SMILES string of the molecule is CNC1CCCN(c2cc(Cl)c(Cl)cc2Cl)C1. The zero-order chi connectivity index (χ0) is 12.4. The van der Waals surface area contributed by atoms with Crippen molar-refractivity contribution in [2.24, 2.45) is 0 Å². The van der Waals surface area contributed by atoms with Gasteiger partial charge in [0.25, 0.3) is 0 Å². The lowest BCUT2D eigenvalue weighted by molar-refractivity contribution is 0.450. The van der Waals surface area contributed by atoms with E-state index in [-0.39, 0.29) is 0 Å². The van der Waals surface area contributed by atoms with Crippen molar-refractivity contribution in [2.45, 2.75) is 18.9 Å². The van der Waals surface area contributed by atoms with E-state index in [2.05, 4.69) is 10.2 Å². The number of halogens is 3. The highest BCUT2D eigenvalue weighted by Crippen LogP contribution is 2.35. The second kappa shape index (κ2) is 5.66. The van der Waals surface area contributed by atoms with Crippen LogP contribution in [0, 0.1) is 0 Å². The molecule has 0 saturated carbocycles. The number of benzene rings is 1. The Morgan fingerprint density at radius 1 is 1.18 bits per heavy atom. The molecule has 0 radical (unpaired) electrons. The molecular formula is C12H15Cl3N2. The number of nitrogens with zero attached hydrogens (tertiary/aromatic N) is 1. The fraction of sp³-hybridized carbons (Fsp3) is 0.500. The molecule has 1 fully saturated rings. The molecule has 0 aliphatic carbocycles. The summed E-state index contributed by atoms with van der Waals surface area (Å²) in [4.78, 5) is 2.26. The summed E-state index contributed by atoms with van der Waals surface area (Å²) in [5.74, 6) is 0. The van der Waals surface area contributed by atoms with Crippen LogP contribution >= 0.6 is 34.8 Å². The molecule has 1 aliphatic heterocycles. The summed E-state index contributed by atoms with van der Waals surface area (Å²) in [6.07, 6.45) is 2.36. The van der Waals surface area contributed by atoms with E-state index in [0.29, 0.717) is 21.1 Å². The van der Waals surface area contributed by atoms with Gasteiger partial charge in [0.1, 0.15) is 0 Å². The fourth-order valence-electron chi connectivity index (χ4n) is 2.19. The average molecular weight is 294 g/mol. The van der Waals surface area contributed by atoms with Gasteiger partial charge in [0.05, 0.1) is 20.8 Å². The lowest BCUT2D eigenvalue weighted by Gasteiger charge is -2.34. The van der Waals surface area contributed by atoms with E-state index >= 15 is 0 Å². The minimum atomic E-state index is 0.502. The summed E-state index contributed by atoms with van der Waals surface area (Å²) >= 11 is 18.2. The maximum absolute atomic E-state index is 6.22. The van der Waals surface area contributed by atoms with Crippen molar-refractivity contribution in [3.05, 3.63) is 27.2 Å². The molecule has 1 aromatic rings. The summed E-state index contributed by atoms with van der Waals surface area (Å²) < 4.78 is 0. The summed E-state index contributed by atoms with van der Waals surface area (Å²) in [6.45, 7) is 1.96. The van der Waals surface area contributed by atoms with E-state index in [9.17, 15) is 0 Å². The van der Waals surface area contributed by atoms with Gasteiger partial charge in [0.15, 0.2) is 0 Å². The Hall–Kier alpha value is -0.150. The number of anilines is 1. The number of likely N-dealkylation sites (N-methyl/N-ethyl adjacent to an activating group) is 1. The molecule has 1 heterocycles. The molecule has 94 valence electrons. The second-order valence-electron chi connectivity index (χ2n) is 4.29. The lowest BCUT2D eigenvalue weighted by Crippen LogP contribution is -2.44. The standard InChI is InChI=1S/C12H15Cl3N2/c1-16-8-3-2-4-17(7-8)12-6-10(14)9(13)5-11(12)15/h5-6,8,16H,2-4,7H2,1H3. The zero-order valence-corrected chi connectivity index (χ0v) is 11.9. The minimum absolute atomic E-state index is 0.502. The molecule has 0 bridgehead atoms. The third-order valence-electron chi connectivity index (χ3n) is 3.16. The first-order chi connectivity index (χ1) is 8.11. The molecule has 1 aromatic carbocycles. The molecule has 2 nitrogen and oxygen atoms in total. The van der Waals surface area contributed by atoms with Crippen molar-refractivity contribution >= 4 is 40.5 Å². The molecule has 0 spiro atoms. The van der Waals surface area contributed by atoms with Gasteiger partial charge < -0.3 is 10.2 Å². The van der Waals surface area contributed by atoms with Crippen molar-refractivity contribution in [1.29, 1.82) is 0 Å². The van der Waals surface area contributed by atoms with Gasteiger partial charge in [-0.05, 0) is 32.0 Å². The van der Waals surface area contributed by atoms with Crippen molar-refractivity contribution < 1.29 is 0 Å². The number of rotatable bonds is 2. The van der Waals surface area contributed by atoms with Gasteiger partial charge in [-0.25, -0.2) is 0 Å². The van der Waals surface area contributed by atoms with Gasteiger partial charge in [-0.1, -0.05) is 34.8 Å². The van der Waals surface area contributed by atoms with Crippen LogP contribution < -0.4 is 10.2 Å². The van der Waals surface area contributed by atoms with Crippen molar-refractivity contribution in [2.75, 3.05) is 25.0 Å². The normalized spacial score (nSPS) is 20.7. The predicted molar refractivity (Wildman–Crippen MR) is 75.8 cm³/mol. The summed E-state index contributed by atoms with van der Waals surface area (Å²) in [6, 6.07) is 4.07. The van der Waals surface area contributed by atoms with Gasteiger partial charge in [-0.3, -0.25) is 0 Å². The van der Waals surface area contributed by atoms with Crippen molar-refractivity contribution in [1.82, 2.24) is 5.32 Å². The number of nitrogens with one attached hydrogen (secondary N) is 1. The van der Waals surface area contributed by atoms with E-state index in [1.165, 1.54) is 6.42 Å². The molecule has 1 unspecified atom stereocenters.